The van der Waals surface area contributed by atoms with Crippen LogP contribution in [0.4, 0.5) is 0 Å². The van der Waals surface area contributed by atoms with Crippen LogP contribution in [0, 0.1) is 5.92 Å². The standard InChI is InChI=1S/C28H31N3O3/c1-33-25-10-5-8-22(15-25)28(23-9-6-11-26(16-23)34-2)17-24(28)12-13-27(32)31-14-4-3-7-21-18-29-20-30-19-21/h5-6,8-13,15-16,18-20,24H,3-4,7,14,17H2,1-2H3,(H,31,32)/b13-12+/t24-/m1/s1. The van der Waals surface area contributed by atoms with Crippen LogP contribution in [-0.2, 0) is 16.6 Å². The van der Waals surface area contributed by atoms with Crippen LogP contribution in [0.5, 0.6) is 11.5 Å². The second kappa shape index (κ2) is 11.0. The Morgan fingerprint density at radius 2 is 1.68 bits per heavy atom. The van der Waals surface area contributed by atoms with Gasteiger partial charge in [-0.1, -0.05) is 30.3 Å². The number of rotatable bonds is 11. The van der Waals surface area contributed by atoms with Crippen LogP contribution in [0.25, 0.3) is 0 Å². The van der Waals surface area contributed by atoms with Crippen molar-refractivity contribution < 1.29 is 14.3 Å². The molecular weight excluding hydrogens is 426 g/mol. The van der Waals surface area contributed by atoms with E-state index < -0.39 is 0 Å². The number of hydrogen-bond acceptors (Lipinski definition) is 5. The van der Waals surface area contributed by atoms with Crippen LogP contribution < -0.4 is 14.8 Å². The van der Waals surface area contributed by atoms with Gasteiger partial charge in [0.15, 0.2) is 0 Å². The van der Waals surface area contributed by atoms with Gasteiger partial charge in [0, 0.05) is 24.4 Å². The molecule has 176 valence electrons. The summed E-state index contributed by atoms with van der Waals surface area (Å²) in [6, 6.07) is 16.4. The third-order valence-electron chi connectivity index (χ3n) is 6.47. The molecule has 0 unspecified atom stereocenters. The third kappa shape index (κ3) is 5.45. The molecule has 1 heterocycles. The van der Waals surface area contributed by atoms with Crippen molar-refractivity contribution in [3.05, 3.63) is 96.1 Å². The Morgan fingerprint density at radius 1 is 1.03 bits per heavy atom. The number of amides is 1. The number of carbonyl (C=O) groups excluding carboxylic acids is 1. The molecule has 1 fully saturated rings. The van der Waals surface area contributed by atoms with Gasteiger partial charge in [-0.05, 0) is 78.6 Å². The number of carbonyl (C=O) groups is 1. The number of aryl methyl sites for hydroxylation is 1. The molecule has 2 aromatic carbocycles. The van der Waals surface area contributed by atoms with E-state index in [4.69, 9.17) is 9.47 Å². The minimum atomic E-state index is -0.197. The summed E-state index contributed by atoms with van der Waals surface area (Å²) in [7, 11) is 3.36. The van der Waals surface area contributed by atoms with E-state index in [0.29, 0.717) is 6.54 Å². The highest BCUT2D eigenvalue weighted by atomic mass is 16.5. The highest BCUT2D eigenvalue weighted by Gasteiger charge is 2.55. The topological polar surface area (TPSA) is 73.3 Å². The fourth-order valence-electron chi connectivity index (χ4n) is 4.54. The summed E-state index contributed by atoms with van der Waals surface area (Å²) >= 11 is 0. The first-order valence-electron chi connectivity index (χ1n) is 11.6. The molecule has 1 amide bonds. The van der Waals surface area contributed by atoms with Crippen LogP contribution in [0.15, 0.2) is 79.4 Å². The Labute approximate surface area is 201 Å². The van der Waals surface area contributed by atoms with Gasteiger partial charge in [-0.25, -0.2) is 9.97 Å². The van der Waals surface area contributed by atoms with Crippen molar-refractivity contribution in [3.8, 4) is 11.5 Å². The van der Waals surface area contributed by atoms with Crippen molar-refractivity contribution in [2.45, 2.75) is 31.1 Å². The smallest absolute Gasteiger partial charge is 0.243 e. The number of hydrogen-bond donors (Lipinski definition) is 1. The lowest BCUT2D eigenvalue weighted by Crippen LogP contribution is -2.22. The van der Waals surface area contributed by atoms with E-state index in [1.807, 2.05) is 42.7 Å². The average Bonchev–Trinajstić information content (AvgIpc) is 3.63. The Bertz CT molecular complexity index is 1080. The maximum absolute atomic E-state index is 12.4. The quantitative estimate of drug-likeness (QED) is 0.339. The zero-order valence-electron chi connectivity index (χ0n) is 19.7. The van der Waals surface area contributed by atoms with Crippen LogP contribution in [0.2, 0.25) is 0 Å². The number of ether oxygens (including phenoxy) is 2. The maximum Gasteiger partial charge on any atom is 0.243 e. The third-order valence-corrected chi connectivity index (χ3v) is 6.47. The van der Waals surface area contributed by atoms with Gasteiger partial charge in [0.2, 0.25) is 5.91 Å². The lowest BCUT2D eigenvalue weighted by molar-refractivity contribution is -0.116. The first-order valence-corrected chi connectivity index (χ1v) is 11.6. The highest BCUT2D eigenvalue weighted by Crippen LogP contribution is 2.60. The monoisotopic (exact) mass is 457 g/mol. The fourth-order valence-corrected chi connectivity index (χ4v) is 4.54. The highest BCUT2D eigenvalue weighted by molar-refractivity contribution is 5.87. The van der Waals surface area contributed by atoms with E-state index in [1.165, 1.54) is 17.5 Å². The van der Waals surface area contributed by atoms with E-state index >= 15 is 0 Å². The number of unbranched alkanes of at least 4 members (excludes halogenated alkanes) is 1. The molecule has 0 radical (unpaired) electrons. The van der Waals surface area contributed by atoms with Gasteiger partial charge in [-0.3, -0.25) is 4.79 Å². The molecule has 1 saturated carbocycles. The minimum absolute atomic E-state index is 0.0554. The molecule has 4 rings (SSSR count). The Kier molecular flexibility index (Phi) is 7.58. The zero-order valence-corrected chi connectivity index (χ0v) is 19.7. The number of benzene rings is 2. The molecule has 6 heteroatoms. The lowest BCUT2D eigenvalue weighted by Gasteiger charge is -2.20. The van der Waals surface area contributed by atoms with Crippen molar-refractivity contribution >= 4 is 5.91 Å². The minimum Gasteiger partial charge on any atom is -0.497 e. The first kappa shape index (κ1) is 23.5. The molecule has 1 aromatic heterocycles. The molecule has 1 aliphatic rings. The second-order valence-corrected chi connectivity index (χ2v) is 8.60. The average molecular weight is 458 g/mol. The molecule has 3 aromatic rings. The van der Waals surface area contributed by atoms with Gasteiger partial charge in [0.05, 0.1) is 14.2 Å². The van der Waals surface area contributed by atoms with Crippen molar-refractivity contribution in [1.82, 2.24) is 15.3 Å². The normalized spacial score (nSPS) is 16.2. The molecule has 34 heavy (non-hydrogen) atoms. The largest absolute Gasteiger partial charge is 0.497 e. The van der Waals surface area contributed by atoms with Crippen molar-refractivity contribution in [1.29, 1.82) is 0 Å². The number of nitrogens with one attached hydrogen (secondary N) is 1. The van der Waals surface area contributed by atoms with E-state index in [2.05, 4.69) is 39.6 Å². The zero-order chi connectivity index (χ0) is 23.8. The first-order chi connectivity index (χ1) is 16.7. The summed E-state index contributed by atoms with van der Waals surface area (Å²) in [5.74, 6) is 1.82. The molecule has 0 bridgehead atoms. The van der Waals surface area contributed by atoms with Crippen LogP contribution in [-0.4, -0.2) is 36.6 Å². The van der Waals surface area contributed by atoms with E-state index in [9.17, 15) is 4.79 Å². The summed E-state index contributed by atoms with van der Waals surface area (Å²) in [6.45, 7) is 0.651. The summed E-state index contributed by atoms with van der Waals surface area (Å²) in [5.41, 5.74) is 3.28. The predicted molar refractivity (Wildman–Crippen MR) is 132 cm³/mol. The van der Waals surface area contributed by atoms with E-state index in [-0.39, 0.29) is 17.2 Å². The Hall–Kier alpha value is -3.67. The number of nitrogens with zero attached hydrogens (tertiary/aromatic N) is 2. The Morgan fingerprint density at radius 3 is 2.29 bits per heavy atom. The van der Waals surface area contributed by atoms with Gasteiger partial charge >= 0.3 is 0 Å². The van der Waals surface area contributed by atoms with Gasteiger partial charge in [0.1, 0.15) is 17.8 Å². The van der Waals surface area contributed by atoms with Gasteiger partial charge in [0.25, 0.3) is 0 Å². The molecule has 0 saturated heterocycles. The molecular formula is C28H31N3O3. The van der Waals surface area contributed by atoms with Crippen LogP contribution >= 0.6 is 0 Å². The molecule has 6 nitrogen and oxygen atoms in total. The second-order valence-electron chi connectivity index (χ2n) is 8.60. The van der Waals surface area contributed by atoms with Crippen molar-refractivity contribution in [2.75, 3.05) is 20.8 Å². The van der Waals surface area contributed by atoms with Gasteiger partial charge < -0.3 is 14.8 Å². The van der Waals surface area contributed by atoms with Crippen LogP contribution in [0.1, 0.15) is 36.0 Å². The predicted octanol–water partition coefficient (Wildman–Crippen LogP) is 4.50. The molecule has 0 spiro atoms. The fraction of sp³-hybridized carbons (Fsp3) is 0.321. The summed E-state index contributed by atoms with van der Waals surface area (Å²) in [4.78, 5) is 20.5. The molecule has 1 N–H and O–H groups in total. The van der Waals surface area contributed by atoms with E-state index in [0.717, 1.165) is 42.7 Å². The SMILES string of the molecule is COc1cccc(C2(c3cccc(OC)c3)C[C@H]2/C=C/C(=O)NCCCCc2cncnc2)c1. The van der Waals surface area contributed by atoms with Gasteiger partial charge in [-0.15, -0.1) is 0 Å². The van der Waals surface area contributed by atoms with Crippen molar-refractivity contribution in [2.24, 2.45) is 5.92 Å². The number of allylic oxidation sites excluding steroid dienone is 1. The van der Waals surface area contributed by atoms with E-state index in [1.54, 1.807) is 20.3 Å². The maximum atomic E-state index is 12.4. The molecule has 1 aliphatic carbocycles. The number of methoxy groups -OCH3 is 2. The number of aromatic nitrogens is 2. The van der Waals surface area contributed by atoms with Crippen molar-refractivity contribution in [3.63, 3.8) is 0 Å². The summed E-state index contributed by atoms with van der Waals surface area (Å²) in [5, 5.41) is 3.00. The lowest BCUT2D eigenvalue weighted by atomic mass is 9.85. The summed E-state index contributed by atoms with van der Waals surface area (Å²) < 4.78 is 10.9. The van der Waals surface area contributed by atoms with Gasteiger partial charge in [-0.2, -0.15) is 0 Å². The molecule has 1 atom stereocenters. The molecule has 0 aliphatic heterocycles. The Balaban J connectivity index is 1.38. The van der Waals surface area contributed by atoms with Crippen LogP contribution in [0.3, 0.4) is 0 Å². The summed E-state index contributed by atoms with van der Waals surface area (Å²) in [6.07, 6.45) is 12.7.